The fourth-order valence-corrected chi connectivity index (χ4v) is 1.08. The molecule has 54 valence electrons. The minimum atomic E-state index is 1.14. The van der Waals surface area contributed by atoms with Crippen molar-refractivity contribution in [1.29, 1.82) is 0 Å². The van der Waals surface area contributed by atoms with Crippen LogP contribution in [0.25, 0.3) is 0 Å². The third-order valence-electron chi connectivity index (χ3n) is 1.70. The van der Waals surface area contributed by atoms with Crippen LogP contribution in [0.4, 0.5) is 0 Å². The molecular formula is C10H14. The van der Waals surface area contributed by atoms with Crippen LogP contribution < -0.4 is 0 Å². The van der Waals surface area contributed by atoms with E-state index in [1.807, 2.05) is 0 Å². The first-order valence-corrected chi connectivity index (χ1v) is 3.90. The number of hydrogen-bond acceptors (Lipinski definition) is 0. The quantitative estimate of drug-likeness (QED) is 0.556. The van der Waals surface area contributed by atoms with Gasteiger partial charge in [0.15, 0.2) is 0 Å². The number of unbranched alkanes of at least 4 members (excludes halogenated alkanes) is 1. The Kier molecular flexibility index (Phi) is 2.49. The SMILES string of the molecule is C=C1C=CC(CCCC)=C1. The van der Waals surface area contributed by atoms with Gasteiger partial charge < -0.3 is 0 Å². The molecule has 0 nitrogen and oxygen atoms in total. The fourth-order valence-electron chi connectivity index (χ4n) is 1.08. The molecule has 0 amide bonds. The number of rotatable bonds is 3. The second-order valence-electron chi connectivity index (χ2n) is 2.73. The van der Waals surface area contributed by atoms with Crippen molar-refractivity contribution in [2.75, 3.05) is 0 Å². The second kappa shape index (κ2) is 3.40. The number of hydrogen-bond donors (Lipinski definition) is 0. The molecule has 0 fully saturated rings. The molecule has 0 aliphatic heterocycles. The highest BCUT2D eigenvalue weighted by atomic mass is 14.0. The van der Waals surface area contributed by atoms with E-state index in [1.54, 1.807) is 0 Å². The summed E-state index contributed by atoms with van der Waals surface area (Å²) in [5, 5.41) is 0. The lowest BCUT2D eigenvalue weighted by atomic mass is 10.1. The first kappa shape index (κ1) is 7.33. The van der Waals surface area contributed by atoms with E-state index in [1.165, 1.54) is 24.8 Å². The normalized spacial score (nSPS) is 16.1. The van der Waals surface area contributed by atoms with Gasteiger partial charge in [-0.3, -0.25) is 0 Å². The van der Waals surface area contributed by atoms with Gasteiger partial charge in [0.05, 0.1) is 0 Å². The summed E-state index contributed by atoms with van der Waals surface area (Å²) in [5.74, 6) is 0. The molecular weight excluding hydrogens is 120 g/mol. The third-order valence-corrected chi connectivity index (χ3v) is 1.70. The molecule has 0 heteroatoms. The third kappa shape index (κ3) is 1.87. The summed E-state index contributed by atoms with van der Waals surface area (Å²) in [4.78, 5) is 0. The molecule has 0 saturated carbocycles. The van der Waals surface area contributed by atoms with E-state index >= 15 is 0 Å². The van der Waals surface area contributed by atoms with Crippen molar-refractivity contribution in [3.8, 4) is 0 Å². The van der Waals surface area contributed by atoms with E-state index in [9.17, 15) is 0 Å². The molecule has 1 aliphatic carbocycles. The molecule has 0 saturated heterocycles. The first-order chi connectivity index (χ1) is 4.83. The van der Waals surface area contributed by atoms with Crippen molar-refractivity contribution in [2.24, 2.45) is 0 Å². The predicted molar refractivity (Wildman–Crippen MR) is 45.9 cm³/mol. The Morgan fingerprint density at radius 1 is 1.40 bits per heavy atom. The summed E-state index contributed by atoms with van der Waals surface area (Å²) in [6.07, 6.45) is 10.2. The van der Waals surface area contributed by atoms with Gasteiger partial charge in [0.2, 0.25) is 0 Å². The van der Waals surface area contributed by atoms with Crippen LogP contribution in [0.2, 0.25) is 0 Å². The van der Waals surface area contributed by atoms with E-state index in [2.05, 4.69) is 31.7 Å². The molecule has 10 heavy (non-hydrogen) atoms. The molecule has 0 spiro atoms. The van der Waals surface area contributed by atoms with Crippen LogP contribution in [-0.2, 0) is 0 Å². The molecule has 1 aliphatic rings. The Morgan fingerprint density at radius 2 is 2.20 bits per heavy atom. The van der Waals surface area contributed by atoms with Gasteiger partial charge >= 0.3 is 0 Å². The standard InChI is InChI=1S/C10H14/c1-3-4-5-10-7-6-9(2)8-10/h6-8H,2-5H2,1H3. The van der Waals surface area contributed by atoms with Crippen LogP contribution >= 0.6 is 0 Å². The van der Waals surface area contributed by atoms with Crippen molar-refractivity contribution in [3.63, 3.8) is 0 Å². The maximum atomic E-state index is 3.85. The van der Waals surface area contributed by atoms with Crippen molar-refractivity contribution in [1.82, 2.24) is 0 Å². The Labute approximate surface area is 62.9 Å². The summed E-state index contributed by atoms with van der Waals surface area (Å²) in [6.45, 7) is 6.07. The Bertz CT molecular complexity index is 182. The Morgan fingerprint density at radius 3 is 2.70 bits per heavy atom. The van der Waals surface area contributed by atoms with E-state index in [-0.39, 0.29) is 0 Å². The van der Waals surface area contributed by atoms with Crippen molar-refractivity contribution < 1.29 is 0 Å². The summed E-state index contributed by atoms with van der Waals surface area (Å²) in [5.41, 5.74) is 2.58. The van der Waals surface area contributed by atoms with E-state index in [4.69, 9.17) is 0 Å². The lowest BCUT2D eigenvalue weighted by Gasteiger charge is -1.94. The maximum Gasteiger partial charge on any atom is -0.0279 e. The van der Waals surface area contributed by atoms with Crippen LogP contribution in [0.15, 0.2) is 36.0 Å². The maximum absolute atomic E-state index is 3.85. The van der Waals surface area contributed by atoms with Crippen LogP contribution in [0, 0.1) is 0 Å². The van der Waals surface area contributed by atoms with Crippen LogP contribution in [-0.4, -0.2) is 0 Å². The van der Waals surface area contributed by atoms with Crippen LogP contribution in [0.3, 0.4) is 0 Å². The van der Waals surface area contributed by atoms with Gasteiger partial charge in [-0.15, -0.1) is 0 Å². The minimum Gasteiger partial charge on any atom is -0.0918 e. The largest absolute Gasteiger partial charge is 0.0918 e. The molecule has 0 aromatic heterocycles. The molecule has 0 atom stereocenters. The van der Waals surface area contributed by atoms with Crippen LogP contribution in [0.1, 0.15) is 26.2 Å². The molecule has 0 bridgehead atoms. The second-order valence-corrected chi connectivity index (χ2v) is 2.73. The predicted octanol–water partition coefficient (Wildman–Crippen LogP) is 3.23. The van der Waals surface area contributed by atoms with E-state index in [0.717, 1.165) is 5.57 Å². The fraction of sp³-hybridized carbons (Fsp3) is 0.400. The van der Waals surface area contributed by atoms with Crippen molar-refractivity contribution in [3.05, 3.63) is 36.0 Å². The highest BCUT2D eigenvalue weighted by molar-refractivity contribution is 5.43. The van der Waals surface area contributed by atoms with Gasteiger partial charge in [0.1, 0.15) is 0 Å². The van der Waals surface area contributed by atoms with Gasteiger partial charge in [0.25, 0.3) is 0 Å². The molecule has 0 N–H and O–H groups in total. The lowest BCUT2D eigenvalue weighted by molar-refractivity contribution is 0.799. The lowest BCUT2D eigenvalue weighted by Crippen LogP contribution is -1.74. The highest BCUT2D eigenvalue weighted by Gasteiger charge is 1.98. The van der Waals surface area contributed by atoms with Gasteiger partial charge in [-0.1, -0.05) is 38.2 Å². The molecule has 0 heterocycles. The van der Waals surface area contributed by atoms with Gasteiger partial charge in [-0.05, 0) is 24.0 Å². The summed E-state index contributed by atoms with van der Waals surface area (Å²) >= 11 is 0. The van der Waals surface area contributed by atoms with Crippen molar-refractivity contribution >= 4 is 0 Å². The first-order valence-electron chi connectivity index (χ1n) is 3.90. The van der Waals surface area contributed by atoms with E-state index < -0.39 is 0 Å². The highest BCUT2D eigenvalue weighted by Crippen LogP contribution is 2.18. The minimum absolute atomic E-state index is 1.14. The average Bonchev–Trinajstić information content (AvgIpc) is 2.31. The van der Waals surface area contributed by atoms with Gasteiger partial charge in [0, 0.05) is 0 Å². The summed E-state index contributed by atoms with van der Waals surface area (Å²) < 4.78 is 0. The molecule has 0 aromatic carbocycles. The molecule has 1 rings (SSSR count). The number of allylic oxidation sites excluding steroid dienone is 5. The smallest absolute Gasteiger partial charge is 0.0279 e. The van der Waals surface area contributed by atoms with Gasteiger partial charge in [-0.2, -0.15) is 0 Å². The summed E-state index contributed by atoms with van der Waals surface area (Å²) in [6, 6.07) is 0. The summed E-state index contributed by atoms with van der Waals surface area (Å²) in [7, 11) is 0. The monoisotopic (exact) mass is 134 g/mol. The molecule has 0 aromatic rings. The zero-order valence-corrected chi connectivity index (χ0v) is 6.56. The molecule has 0 radical (unpaired) electrons. The zero-order chi connectivity index (χ0) is 7.40. The Hall–Kier alpha value is -0.780. The Balaban J connectivity index is 2.37. The average molecular weight is 134 g/mol. The zero-order valence-electron chi connectivity index (χ0n) is 6.56. The molecule has 0 unspecified atom stereocenters. The van der Waals surface area contributed by atoms with Crippen molar-refractivity contribution in [2.45, 2.75) is 26.2 Å². The van der Waals surface area contributed by atoms with Gasteiger partial charge in [-0.25, -0.2) is 0 Å². The topological polar surface area (TPSA) is 0 Å². The van der Waals surface area contributed by atoms with Crippen LogP contribution in [0.5, 0.6) is 0 Å². The van der Waals surface area contributed by atoms with E-state index in [0.29, 0.717) is 0 Å².